The van der Waals surface area contributed by atoms with E-state index in [0.29, 0.717) is 29.2 Å². The van der Waals surface area contributed by atoms with Crippen LogP contribution in [0.3, 0.4) is 0 Å². The quantitative estimate of drug-likeness (QED) is 0.617. The molecular weight excluding hydrogens is 424 g/mol. The second-order valence-electron chi connectivity index (χ2n) is 8.59. The number of fused-ring (bicyclic) bond motifs is 1. The molecule has 5 nitrogen and oxygen atoms in total. The van der Waals surface area contributed by atoms with Crippen molar-refractivity contribution in [2.45, 2.75) is 51.8 Å². The van der Waals surface area contributed by atoms with Gasteiger partial charge in [-0.3, -0.25) is 9.59 Å². The standard InChI is InChI=1S/C26H31ClN2O3/c1-17(2)24-25(30)28-22(19-11-9-12-20(27)16-19)14-7-5-10-18(3)32-23-15-8-6-13-21(23)26(31)29(24)4/h5-9,11-13,15-18,22,24H,10,14H2,1-4H3,(H,28,30)/b7-5-/t18-,22+,24+/m0/s1. The summed E-state index contributed by atoms with van der Waals surface area (Å²) in [6.07, 6.45) is 5.30. The van der Waals surface area contributed by atoms with Gasteiger partial charge in [0.1, 0.15) is 11.8 Å². The molecule has 0 unspecified atom stereocenters. The van der Waals surface area contributed by atoms with Crippen LogP contribution >= 0.6 is 11.6 Å². The highest BCUT2D eigenvalue weighted by molar-refractivity contribution is 6.30. The number of rotatable bonds is 2. The molecule has 0 saturated heterocycles. The van der Waals surface area contributed by atoms with Crippen LogP contribution in [0.25, 0.3) is 0 Å². The van der Waals surface area contributed by atoms with Gasteiger partial charge in [0.2, 0.25) is 5.91 Å². The van der Waals surface area contributed by atoms with Crippen LogP contribution < -0.4 is 10.1 Å². The molecule has 1 aliphatic rings. The Morgan fingerprint density at radius 2 is 1.78 bits per heavy atom. The smallest absolute Gasteiger partial charge is 0.258 e. The van der Waals surface area contributed by atoms with E-state index in [9.17, 15) is 9.59 Å². The summed E-state index contributed by atoms with van der Waals surface area (Å²) in [4.78, 5) is 28.3. The van der Waals surface area contributed by atoms with Gasteiger partial charge in [0, 0.05) is 18.5 Å². The molecule has 0 bridgehead atoms. The Kier molecular flexibility index (Phi) is 7.97. The third-order valence-electron chi connectivity index (χ3n) is 5.66. The summed E-state index contributed by atoms with van der Waals surface area (Å²) < 4.78 is 6.09. The number of likely N-dealkylation sites (N-methyl/N-ethyl adjacent to an activating group) is 1. The zero-order valence-electron chi connectivity index (χ0n) is 19.0. The molecule has 0 saturated carbocycles. The summed E-state index contributed by atoms with van der Waals surface area (Å²) in [5.74, 6) is 0.00745. The third-order valence-corrected chi connectivity index (χ3v) is 5.89. The number of para-hydroxylation sites is 1. The zero-order chi connectivity index (χ0) is 23.3. The van der Waals surface area contributed by atoms with Gasteiger partial charge in [0.25, 0.3) is 5.91 Å². The van der Waals surface area contributed by atoms with Gasteiger partial charge in [0.15, 0.2) is 0 Å². The van der Waals surface area contributed by atoms with E-state index in [4.69, 9.17) is 16.3 Å². The molecular formula is C26H31ClN2O3. The molecule has 0 spiro atoms. The van der Waals surface area contributed by atoms with E-state index in [1.807, 2.05) is 51.1 Å². The van der Waals surface area contributed by atoms with Gasteiger partial charge in [0.05, 0.1) is 17.7 Å². The fraction of sp³-hybridized carbons (Fsp3) is 0.385. The minimum Gasteiger partial charge on any atom is -0.490 e. The van der Waals surface area contributed by atoms with Gasteiger partial charge in [-0.15, -0.1) is 0 Å². The SMILES string of the molecule is CC(C)[C@@H]1C(=O)N[C@@H](c2cccc(Cl)c2)C/C=C\C[C@H](C)Oc2ccccc2C(=O)N1C. The molecule has 2 amide bonds. The highest BCUT2D eigenvalue weighted by Crippen LogP contribution is 2.26. The average Bonchev–Trinajstić information content (AvgIpc) is 2.75. The first-order valence-electron chi connectivity index (χ1n) is 11.0. The molecule has 0 radical (unpaired) electrons. The van der Waals surface area contributed by atoms with Crippen LogP contribution in [0.15, 0.2) is 60.7 Å². The van der Waals surface area contributed by atoms with Gasteiger partial charge in [-0.1, -0.05) is 61.9 Å². The van der Waals surface area contributed by atoms with E-state index in [1.165, 1.54) is 4.90 Å². The fourth-order valence-electron chi connectivity index (χ4n) is 4.03. The maximum absolute atomic E-state index is 13.4. The summed E-state index contributed by atoms with van der Waals surface area (Å²) in [7, 11) is 1.67. The van der Waals surface area contributed by atoms with E-state index in [-0.39, 0.29) is 29.9 Å². The highest BCUT2D eigenvalue weighted by atomic mass is 35.5. The number of ether oxygens (including phenoxy) is 1. The topological polar surface area (TPSA) is 58.6 Å². The number of amides is 2. The molecule has 0 aromatic heterocycles. The lowest BCUT2D eigenvalue weighted by Crippen LogP contribution is -2.51. The molecule has 3 atom stereocenters. The summed E-state index contributed by atoms with van der Waals surface area (Å²) in [5.41, 5.74) is 1.38. The molecule has 0 aliphatic carbocycles. The van der Waals surface area contributed by atoms with Crippen molar-refractivity contribution in [3.63, 3.8) is 0 Å². The molecule has 170 valence electrons. The van der Waals surface area contributed by atoms with Crippen molar-refractivity contribution in [1.29, 1.82) is 0 Å². The number of nitrogens with zero attached hydrogens (tertiary/aromatic N) is 1. The average molecular weight is 455 g/mol. The van der Waals surface area contributed by atoms with Crippen LogP contribution in [0.4, 0.5) is 0 Å². The van der Waals surface area contributed by atoms with Crippen molar-refractivity contribution in [2.24, 2.45) is 5.92 Å². The molecule has 3 rings (SSSR count). The van der Waals surface area contributed by atoms with Crippen molar-refractivity contribution in [1.82, 2.24) is 10.2 Å². The monoisotopic (exact) mass is 454 g/mol. The van der Waals surface area contributed by atoms with Crippen molar-refractivity contribution in [2.75, 3.05) is 7.05 Å². The lowest BCUT2D eigenvalue weighted by atomic mass is 9.98. The van der Waals surface area contributed by atoms with Crippen LogP contribution in [0, 0.1) is 5.92 Å². The Hall–Kier alpha value is -2.79. The first-order valence-corrected chi connectivity index (χ1v) is 11.4. The van der Waals surface area contributed by atoms with Gasteiger partial charge >= 0.3 is 0 Å². The van der Waals surface area contributed by atoms with E-state index in [0.717, 1.165) is 5.56 Å². The normalized spacial score (nSPS) is 23.7. The number of carbonyl (C=O) groups is 2. The molecule has 6 heteroatoms. The van der Waals surface area contributed by atoms with Gasteiger partial charge < -0.3 is 15.0 Å². The van der Waals surface area contributed by atoms with Crippen LogP contribution in [0.1, 0.15) is 55.6 Å². The Morgan fingerprint density at radius 3 is 2.50 bits per heavy atom. The van der Waals surface area contributed by atoms with E-state index < -0.39 is 6.04 Å². The van der Waals surface area contributed by atoms with Crippen LogP contribution in [-0.2, 0) is 4.79 Å². The van der Waals surface area contributed by atoms with Gasteiger partial charge in [-0.2, -0.15) is 0 Å². The van der Waals surface area contributed by atoms with Crippen LogP contribution in [0.2, 0.25) is 5.02 Å². The summed E-state index contributed by atoms with van der Waals surface area (Å²) >= 11 is 6.21. The molecule has 1 heterocycles. The third kappa shape index (κ3) is 5.71. The number of benzene rings is 2. The van der Waals surface area contributed by atoms with Crippen LogP contribution in [0.5, 0.6) is 5.75 Å². The number of hydrogen-bond donors (Lipinski definition) is 1. The zero-order valence-corrected chi connectivity index (χ0v) is 19.8. The number of carbonyl (C=O) groups excluding carboxylic acids is 2. The number of nitrogens with one attached hydrogen (secondary N) is 1. The molecule has 2 aromatic carbocycles. The minimum atomic E-state index is -0.637. The first kappa shape index (κ1) is 23.9. The fourth-order valence-corrected chi connectivity index (χ4v) is 4.23. The first-order chi connectivity index (χ1) is 15.3. The minimum absolute atomic E-state index is 0.0839. The van der Waals surface area contributed by atoms with E-state index >= 15 is 0 Å². The second kappa shape index (κ2) is 10.7. The lowest BCUT2D eigenvalue weighted by molar-refractivity contribution is -0.127. The molecule has 1 aliphatic heterocycles. The van der Waals surface area contributed by atoms with E-state index in [2.05, 4.69) is 17.5 Å². The Balaban J connectivity index is 2.01. The van der Waals surface area contributed by atoms with Crippen molar-refractivity contribution >= 4 is 23.4 Å². The Labute approximate surface area is 195 Å². The lowest BCUT2D eigenvalue weighted by Gasteiger charge is -2.32. The van der Waals surface area contributed by atoms with Crippen LogP contribution in [-0.4, -0.2) is 35.9 Å². The molecule has 32 heavy (non-hydrogen) atoms. The van der Waals surface area contributed by atoms with Gasteiger partial charge in [-0.25, -0.2) is 0 Å². The van der Waals surface area contributed by atoms with Gasteiger partial charge in [-0.05, 0) is 49.1 Å². The molecule has 0 fully saturated rings. The highest BCUT2D eigenvalue weighted by Gasteiger charge is 2.33. The van der Waals surface area contributed by atoms with Crippen molar-refractivity contribution in [3.05, 3.63) is 76.8 Å². The number of hydrogen-bond acceptors (Lipinski definition) is 3. The predicted octanol–water partition coefficient (Wildman–Crippen LogP) is 5.41. The Morgan fingerprint density at radius 1 is 1.06 bits per heavy atom. The van der Waals surface area contributed by atoms with Crippen molar-refractivity contribution in [3.8, 4) is 5.75 Å². The summed E-state index contributed by atoms with van der Waals surface area (Å²) in [5, 5.41) is 3.78. The Bertz CT molecular complexity index is 989. The maximum atomic E-state index is 13.4. The van der Waals surface area contributed by atoms with Crippen molar-refractivity contribution < 1.29 is 14.3 Å². The largest absolute Gasteiger partial charge is 0.490 e. The molecule has 1 N–H and O–H groups in total. The summed E-state index contributed by atoms with van der Waals surface area (Å²) in [6, 6.07) is 13.8. The second-order valence-corrected chi connectivity index (χ2v) is 9.02. The van der Waals surface area contributed by atoms with E-state index in [1.54, 1.807) is 25.2 Å². The summed E-state index contributed by atoms with van der Waals surface area (Å²) in [6.45, 7) is 5.86. The predicted molar refractivity (Wildman–Crippen MR) is 128 cm³/mol. The maximum Gasteiger partial charge on any atom is 0.258 e. The number of halogens is 1. The molecule has 2 aromatic rings.